The molecule has 27 heavy (non-hydrogen) atoms. The molecule has 2 aromatic carbocycles. The van der Waals surface area contributed by atoms with Crippen LogP contribution in [0.5, 0.6) is 0 Å². The van der Waals surface area contributed by atoms with Gasteiger partial charge in [0.05, 0.1) is 0 Å². The molecular weight excluding hydrogens is 451 g/mol. The van der Waals surface area contributed by atoms with Crippen LogP contribution in [-0.2, 0) is 17.8 Å². The Morgan fingerprint density at radius 2 is 1.74 bits per heavy atom. The lowest BCUT2D eigenvalue weighted by atomic mass is 10.1. The smallest absolute Gasteiger partial charge is 0.221 e. The van der Waals surface area contributed by atoms with Gasteiger partial charge in [0.1, 0.15) is 0 Å². The number of nitrogens with one attached hydrogen (secondary N) is 3. The van der Waals surface area contributed by atoms with E-state index in [0.29, 0.717) is 0 Å². The molecule has 2 rings (SSSR count). The molecule has 0 aromatic heterocycles. The summed E-state index contributed by atoms with van der Waals surface area (Å²) in [6.45, 7) is 7.27. The number of hydrogen-bond donors (Lipinski definition) is 3. The summed E-state index contributed by atoms with van der Waals surface area (Å²) in [5.41, 5.74) is 5.86. The highest BCUT2D eigenvalue weighted by molar-refractivity contribution is 14.0. The molecule has 146 valence electrons. The van der Waals surface area contributed by atoms with Crippen LogP contribution in [0.3, 0.4) is 0 Å². The molecule has 2 aromatic rings. The first-order chi connectivity index (χ1) is 12.5. The summed E-state index contributed by atoms with van der Waals surface area (Å²) in [4.78, 5) is 15.3. The zero-order chi connectivity index (χ0) is 18.9. The van der Waals surface area contributed by atoms with Crippen LogP contribution in [-0.4, -0.2) is 25.5 Å². The van der Waals surface area contributed by atoms with Crippen molar-refractivity contribution in [3.8, 4) is 0 Å². The Kier molecular flexibility index (Phi) is 9.85. The van der Waals surface area contributed by atoms with Gasteiger partial charge in [0.15, 0.2) is 5.96 Å². The Hall–Kier alpha value is -2.09. The van der Waals surface area contributed by atoms with Crippen LogP contribution in [0.2, 0.25) is 0 Å². The molecule has 1 amide bonds. The summed E-state index contributed by atoms with van der Waals surface area (Å²) in [6.07, 6.45) is 0.880. The molecule has 0 aliphatic carbocycles. The first-order valence-electron chi connectivity index (χ1n) is 8.85. The largest absolute Gasteiger partial charge is 0.356 e. The van der Waals surface area contributed by atoms with Crippen LogP contribution in [0.15, 0.2) is 47.5 Å². The van der Waals surface area contributed by atoms with Crippen molar-refractivity contribution in [3.63, 3.8) is 0 Å². The van der Waals surface area contributed by atoms with E-state index in [2.05, 4.69) is 53.0 Å². The van der Waals surface area contributed by atoms with E-state index in [0.717, 1.165) is 31.2 Å². The molecular formula is C21H29IN4O. The molecule has 0 heterocycles. The molecule has 0 radical (unpaired) electrons. The lowest BCUT2D eigenvalue weighted by Crippen LogP contribution is -2.38. The van der Waals surface area contributed by atoms with E-state index in [-0.39, 0.29) is 29.9 Å². The number of carbonyl (C=O) groups excluding carboxylic acids is 1. The lowest BCUT2D eigenvalue weighted by molar-refractivity contribution is -0.114. The highest BCUT2D eigenvalue weighted by Gasteiger charge is 2.02. The molecule has 0 spiro atoms. The van der Waals surface area contributed by atoms with Gasteiger partial charge in [0.2, 0.25) is 5.91 Å². The lowest BCUT2D eigenvalue weighted by Gasteiger charge is -2.13. The van der Waals surface area contributed by atoms with Crippen molar-refractivity contribution in [1.29, 1.82) is 0 Å². The Bertz CT molecular complexity index is 772. The number of hydrogen-bond acceptors (Lipinski definition) is 2. The van der Waals surface area contributed by atoms with Gasteiger partial charge in [-0.25, -0.2) is 0 Å². The fourth-order valence-corrected chi connectivity index (χ4v) is 2.73. The van der Waals surface area contributed by atoms with Crippen molar-refractivity contribution in [2.24, 2.45) is 4.99 Å². The zero-order valence-electron chi connectivity index (χ0n) is 16.4. The SMILES string of the molecule is CN=C(NCCc1ccc(NC(C)=O)cc1)NCc1ccc(C)cc1C.I. The summed E-state index contributed by atoms with van der Waals surface area (Å²) in [7, 11) is 1.78. The Balaban J connectivity index is 0.00000364. The average molecular weight is 480 g/mol. The average Bonchev–Trinajstić information content (AvgIpc) is 2.60. The van der Waals surface area contributed by atoms with Crippen LogP contribution < -0.4 is 16.0 Å². The van der Waals surface area contributed by atoms with E-state index < -0.39 is 0 Å². The Labute approximate surface area is 179 Å². The van der Waals surface area contributed by atoms with E-state index in [1.807, 2.05) is 24.3 Å². The molecule has 0 fully saturated rings. The molecule has 0 saturated heterocycles. The minimum Gasteiger partial charge on any atom is -0.356 e. The van der Waals surface area contributed by atoms with Gasteiger partial charge in [-0.3, -0.25) is 9.79 Å². The maximum atomic E-state index is 11.0. The maximum Gasteiger partial charge on any atom is 0.221 e. The number of nitrogens with zero attached hydrogens (tertiary/aromatic N) is 1. The van der Waals surface area contributed by atoms with Gasteiger partial charge >= 0.3 is 0 Å². The number of halogens is 1. The van der Waals surface area contributed by atoms with Gasteiger partial charge in [-0.1, -0.05) is 35.9 Å². The van der Waals surface area contributed by atoms with Crippen molar-refractivity contribution >= 4 is 41.5 Å². The first kappa shape index (κ1) is 23.0. The number of benzene rings is 2. The molecule has 0 bridgehead atoms. The molecule has 3 N–H and O–H groups in total. The molecule has 0 aliphatic heterocycles. The molecule has 0 saturated carbocycles. The second kappa shape index (κ2) is 11.6. The van der Waals surface area contributed by atoms with Crippen LogP contribution in [0.4, 0.5) is 5.69 Å². The van der Waals surface area contributed by atoms with E-state index in [1.54, 1.807) is 7.05 Å². The van der Waals surface area contributed by atoms with Crippen LogP contribution in [0, 0.1) is 13.8 Å². The molecule has 0 aliphatic rings. The molecule has 0 atom stereocenters. The second-order valence-corrected chi connectivity index (χ2v) is 6.41. The number of aryl methyl sites for hydroxylation is 2. The van der Waals surface area contributed by atoms with Gasteiger partial charge in [-0.2, -0.15) is 0 Å². The van der Waals surface area contributed by atoms with Crippen LogP contribution >= 0.6 is 24.0 Å². The number of anilines is 1. The monoisotopic (exact) mass is 480 g/mol. The van der Waals surface area contributed by atoms with Gasteiger partial charge in [0, 0.05) is 32.7 Å². The number of aliphatic imine (C=N–C) groups is 1. The van der Waals surface area contributed by atoms with Gasteiger partial charge in [-0.15, -0.1) is 24.0 Å². The quantitative estimate of drug-likeness (QED) is 0.335. The summed E-state index contributed by atoms with van der Waals surface area (Å²) in [5, 5.41) is 9.46. The third-order valence-electron chi connectivity index (χ3n) is 4.15. The van der Waals surface area contributed by atoms with Crippen LogP contribution in [0.1, 0.15) is 29.2 Å². The summed E-state index contributed by atoms with van der Waals surface area (Å²) in [5.74, 6) is 0.734. The van der Waals surface area contributed by atoms with Gasteiger partial charge in [-0.05, 0) is 49.1 Å². The summed E-state index contributed by atoms with van der Waals surface area (Å²) in [6, 6.07) is 14.4. The predicted octanol–water partition coefficient (Wildman–Crippen LogP) is 3.79. The number of guanidine groups is 1. The van der Waals surface area contributed by atoms with E-state index in [4.69, 9.17) is 0 Å². The Morgan fingerprint density at radius 1 is 1.04 bits per heavy atom. The maximum absolute atomic E-state index is 11.0. The van der Waals surface area contributed by atoms with Crippen molar-refractivity contribution in [2.45, 2.75) is 33.7 Å². The summed E-state index contributed by atoms with van der Waals surface area (Å²) < 4.78 is 0. The highest BCUT2D eigenvalue weighted by Crippen LogP contribution is 2.11. The minimum absolute atomic E-state index is 0. The third kappa shape index (κ3) is 7.99. The molecule has 5 nitrogen and oxygen atoms in total. The van der Waals surface area contributed by atoms with E-state index >= 15 is 0 Å². The van der Waals surface area contributed by atoms with Gasteiger partial charge in [0.25, 0.3) is 0 Å². The van der Waals surface area contributed by atoms with E-state index in [9.17, 15) is 4.79 Å². The fraction of sp³-hybridized carbons (Fsp3) is 0.333. The standard InChI is InChI=1S/C21H28N4O.HI/c1-15-5-8-19(16(2)13-15)14-24-21(22-4)23-12-11-18-6-9-20(10-7-18)25-17(3)26;/h5-10,13H,11-12,14H2,1-4H3,(H,25,26)(H2,22,23,24);1H. The number of carbonyl (C=O) groups is 1. The predicted molar refractivity (Wildman–Crippen MR) is 124 cm³/mol. The normalized spacial score (nSPS) is 10.7. The van der Waals surface area contributed by atoms with Crippen molar-refractivity contribution in [3.05, 3.63) is 64.7 Å². The number of amides is 1. The number of rotatable bonds is 6. The van der Waals surface area contributed by atoms with Crippen molar-refractivity contribution < 1.29 is 4.79 Å². The topological polar surface area (TPSA) is 65.5 Å². The Morgan fingerprint density at radius 3 is 2.33 bits per heavy atom. The van der Waals surface area contributed by atoms with Crippen LogP contribution in [0.25, 0.3) is 0 Å². The van der Waals surface area contributed by atoms with E-state index in [1.165, 1.54) is 29.2 Å². The second-order valence-electron chi connectivity index (χ2n) is 6.41. The zero-order valence-corrected chi connectivity index (χ0v) is 18.8. The third-order valence-corrected chi connectivity index (χ3v) is 4.15. The first-order valence-corrected chi connectivity index (χ1v) is 8.85. The molecule has 0 unspecified atom stereocenters. The fourth-order valence-electron chi connectivity index (χ4n) is 2.73. The minimum atomic E-state index is -0.0573. The van der Waals surface area contributed by atoms with Crippen molar-refractivity contribution in [2.75, 3.05) is 18.9 Å². The molecule has 6 heteroatoms. The summed E-state index contributed by atoms with van der Waals surface area (Å²) >= 11 is 0. The highest BCUT2D eigenvalue weighted by atomic mass is 127. The van der Waals surface area contributed by atoms with Gasteiger partial charge < -0.3 is 16.0 Å². The van der Waals surface area contributed by atoms with Crippen molar-refractivity contribution in [1.82, 2.24) is 10.6 Å².